The molecular weight excluding hydrogens is 248 g/mol. The van der Waals surface area contributed by atoms with Gasteiger partial charge in [0.15, 0.2) is 0 Å². The molecule has 6 heteroatoms. The first-order chi connectivity index (χ1) is 9.08. The number of carboxylic acids is 1. The molecule has 0 spiro atoms. The van der Waals surface area contributed by atoms with E-state index < -0.39 is 12.0 Å². The summed E-state index contributed by atoms with van der Waals surface area (Å²) in [6.07, 6.45) is 3.78. The summed E-state index contributed by atoms with van der Waals surface area (Å²) >= 11 is 0. The van der Waals surface area contributed by atoms with Crippen LogP contribution in [-0.2, 0) is 14.3 Å². The molecule has 1 unspecified atom stereocenters. The van der Waals surface area contributed by atoms with Gasteiger partial charge in [-0.25, -0.2) is 4.79 Å². The van der Waals surface area contributed by atoms with Crippen molar-refractivity contribution < 1.29 is 19.4 Å². The van der Waals surface area contributed by atoms with Crippen molar-refractivity contribution in [2.45, 2.75) is 38.1 Å². The lowest BCUT2D eigenvalue weighted by Crippen LogP contribution is -2.45. The highest BCUT2D eigenvalue weighted by atomic mass is 16.5. The molecule has 0 aromatic heterocycles. The number of rotatable bonds is 7. The number of carboxylic acid groups (broad SMARTS) is 1. The van der Waals surface area contributed by atoms with Crippen LogP contribution in [0.3, 0.4) is 0 Å². The summed E-state index contributed by atoms with van der Waals surface area (Å²) in [6, 6.07) is -0.861. The van der Waals surface area contributed by atoms with E-state index in [2.05, 4.69) is 5.32 Å². The Morgan fingerprint density at radius 1 is 1.37 bits per heavy atom. The van der Waals surface area contributed by atoms with Crippen LogP contribution >= 0.6 is 0 Å². The topological polar surface area (TPSA) is 102 Å². The van der Waals surface area contributed by atoms with Gasteiger partial charge in [-0.05, 0) is 38.1 Å². The minimum atomic E-state index is -1.01. The van der Waals surface area contributed by atoms with Crippen LogP contribution in [0.15, 0.2) is 0 Å². The van der Waals surface area contributed by atoms with Crippen molar-refractivity contribution in [3.8, 4) is 0 Å². The number of carbonyl (C=O) groups is 2. The van der Waals surface area contributed by atoms with Crippen LogP contribution in [0.4, 0.5) is 0 Å². The fourth-order valence-electron chi connectivity index (χ4n) is 2.44. The molecule has 1 atom stereocenters. The predicted octanol–water partition coefficient (Wildman–Crippen LogP) is 0.357. The molecule has 0 aromatic rings. The molecule has 1 amide bonds. The van der Waals surface area contributed by atoms with Gasteiger partial charge in [0.05, 0.1) is 0 Å². The number of hydrogen-bond donors (Lipinski definition) is 3. The van der Waals surface area contributed by atoms with Crippen LogP contribution < -0.4 is 11.1 Å². The van der Waals surface area contributed by atoms with Crippen LogP contribution in [0.1, 0.15) is 32.1 Å². The van der Waals surface area contributed by atoms with E-state index in [0.29, 0.717) is 19.1 Å². The van der Waals surface area contributed by atoms with Crippen molar-refractivity contribution in [3.05, 3.63) is 0 Å². The zero-order valence-corrected chi connectivity index (χ0v) is 11.4. The zero-order valence-electron chi connectivity index (χ0n) is 11.4. The van der Waals surface area contributed by atoms with E-state index in [4.69, 9.17) is 15.6 Å². The second-order valence-electron chi connectivity index (χ2n) is 5.13. The van der Waals surface area contributed by atoms with Crippen LogP contribution in [-0.4, -0.2) is 43.3 Å². The van der Waals surface area contributed by atoms with Gasteiger partial charge < -0.3 is 20.9 Å². The van der Waals surface area contributed by atoms with Crippen molar-refractivity contribution in [3.63, 3.8) is 0 Å². The third kappa shape index (κ3) is 5.16. The molecule has 110 valence electrons. The predicted molar refractivity (Wildman–Crippen MR) is 70.6 cm³/mol. The molecule has 1 aliphatic rings. The average Bonchev–Trinajstić information content (AvgIpc) is 2.43. The Balaban J connectivity index is 2.42. The lowest BCUT2D eigenvalue weighted by Gasteiger charge is -2.27. The largest absolute Gasteiger partial charge is 0.480 e. The van der Waals surface area contributed by atoms with Crippen LogP contribution in [0.2, 0.25) is 0 Å². The summed E-state index contributed by atoms with van der Waals surface area (Å²) in [5.74, 6) is -0.736. The molecule has 6 nitrogen and oxygen atoms in total. The van der Waals surface area contributed by atoms with Crippen molar-refractivity contribution in [2.75, 3.05) is 20.3 Å². The highest BCUT2D eigenvalue weighted by Gasteiger charge is 2.28. The van der Waals surface area contributed by atoms with E-state index in [0.717, 1.165) is 25.7 Å². The second-order valence-corrected chi connectivity index (χ2v) is 5.13. The molecule has 1 saturated carbocycles. The molecule has 4 N–H and O–H groups in total. The third-order valence-corrected chi connectivity index (χ3v) is 3.78. The fourth-order valence-corrected chi connectivity index (χ4v) is 2.44. The van der Waals surface area contributed by atoms with E-state index in [-0.39, 0.29) is 18.2 Å². The number of amides is 1. The Morgan fingerprint density at radius 2 is 2.00 bits per heavy atom. The fraction of sp³-hybridized carbons (Fsp3) is 0.846. The van der Waals surface area contributed by atoms with E-state index in [1.807, 2.05) is 0 Å². The summed E-state index contributed by atoms with van der Waals surface area (Å²) in [4.78, 5) is 23.1. The van der Waals surface area contributed by atoms with E-state index in [1.54, 1.807) is 0 Å². The number of methoxy groups -OCH3 is 1. The van der Waals surface area contributed by atoms with Gasteiger partial charge in [-0.1, -0.05) is 0 Å². The van der Waals surface area contributed by atoms with Crippen LogP contribution in [0, 0.1) is 11.8 Å². The van der Waals surface area contributed by atoms with Gasteiger partial charge in [-0.2, -0.15) is 0 Å². The van der Waals surface area contributed by atoms with Crippen molar-refractivity contribution in [1.29, 1.82) is 0 Å². The second kappa shape index (κ2) is 8.12. The van der Waals surface area contributed by atoms with Gasteiger partial charge in [0, 0.05) is 26.1 Å². The molecule has 19 heavy (non-hydrogen) atoms. The van der Waals surface area contributed by atoms with Crippen molar-refractivity contribution >= 4 is 11.9 Å². The monoisotopic (exact) mass is 272 g/mol. The highest BCUT2D eigenvalue weighted by molar-refractivity contribution is 5.85. The molecule has 0 radical (unpaired) electrons. The van der Waals surface area contributed by atoms with E-state index in [9.17, 15) is 9.59 Å². The SMILES string of the molecule is COCCC(NC(=O)C1CCC(CN)CC1)C(=O)O. The molecular formula is C13H24N2O4. The lowest BCUT2D eigenvalue weighted by atomic mass is 9.81. The van der Waals surface area contributed by atoms with Gasteiger partial charge in [-0.15, -0.1) is 0 Å². The van der Waals surface area contributed by atoms with Gasteiger partial charge in [0.1, 0.15) is 6.04 Å². The first-order valence-electron chi connectivity index (χ1n) is 6.80. The number of nitrogens with two attached hydrogens (primary N) is 1. The van der Waals surface area contributed by atoms with Crippen LogP contribution in [0.5, 0.6) is 0 Å². The summed E-state index contributed by atoms with van der Waals surface area (Å²) in [5.41, 5.74) is 5.61. The summed E-state index contributed by atoms with van der Waals surface area (Å²) in [5, 5.41) is 11.6. The quantitative estimate of drug-likeness (QED) is 0.621. The first kappa shape index (κ1) is 15.9. The van der Waals surface area contributed by atoms with Gasteiger partial charge in [0.25, 0.3) is 0 Å². The van der Waals surface area contributed by atoms with Gasteiger partial charge >= 0.3 is 5.97 Å². The molecule has 1 aliphatic carbocycles. The highest BCUT2D eigenvalue weighted by Crippen LogP contribution is 2.28. The Bertz CT molecular complexity index is 301. The van der Waals surface area contributed by atoms with Crippen molar-refractivity contribution in [1.82, 2.24) is 5.32 Å². The van der Waals surface area contributed by atoms with Gasteiger partial charge in [0.2, 0.25) is 5.91 Å². The number of hydrogen-bond acceptors (Lipinski definition) is 4. The maximum atomic E-state index is 12.0. The third-order valence-electron chi connectivity index (χ3n) is 3.78. The van der Waals surface area contributed by atoms with Crippen molar-refractivity contribution in [2.24, 2.45) is 17.6 Å². The minimum absolute atomic E-state index is 0.0767. The molecule has 1 fully saturated rings. The molecule has 0 heterocycles. The molecule has 0 aliphatic heterocycles. The Hall–Kier alpha value is -1.14. The molecule has 0 saturated heterocycles. The molecule has 0 aromatic carbocycles. The Labute approximate surface area is 113 Å². The summed E-state index contributed by atoms with van der Waals surface area (Å²) in [6.45, 7) is 0.983. The molecule has 0 bridgehead atoms. The number of nitrogens with one attached hydrogen (secondary N) is 1. The van der Waals surface area contributed by atoms with E-state index >= 15 is 0 Å². The first-order valence-corrected chi connectivity index (χ1v) is 6.80. The molecule has 1 rings (SSSR count). The lowest BCUT2D eigenvalue weighted by molar-refractivity contribution is -0.143. The maximum Gasteiger partial charge on any atom is 0.326 e. The zero-order chi connectivity index (χ0) is 14.3. The number of aliphatic carboxylic acids is 1. The maximum absolute atomic E-state index is 12.0. The average molecular weight is 272 g/mol. The Morgan fingerprint density at radius 3 is 2.47 bits per heavy atom. The Kier molecular flexibility index (Phi) is 6.80. The standard InChI is InChI=1S/C13H24N2O4/c1-19-7-6-11(13(17)18)15-12(16)10-4-2-9(8-14)3-5-10/h9-11H,2-8,14H2,1H3,(H,15,16)(H,17,18). The van der Waals surface area contributed by atoms with E-state index in [1.165, 1.54) is 7.11 Å². The van der Waals surface area contributed by atoms with Gasteiger partial charge in [-0.3, -0.25) is 4.79 Å². The number of ether oxygens (including phenoxy) is 1. The van der Waals surface area contributed by atoms with Crippen LogP contribution in [0.25, 0.3) is 0 Å². The summed E-state index contributed by atoms with van der Waals surface area (Å²) < 4.78 is 4.85. The summed E-state index contributed by atoms with van der Waals surface area (Å²) in [7, 11) is 1.51. The smallest absolute Gasteiger partial charge is 0.326 e. The normalized spacial score (nSPS) is 24.7. The minimum Gasteiger partial charge on any atom is -0.480 e. The number of carbonyl (C=O) groups excluding carboxylic acids is 1.